The zero-order valence-corrected chi connectivity index (χ0v) is 8.36. The Morgan fingerprint density at radius 1 is 1.38 bits per heavy atom. The van der Waals surface area contributed by atoms with Crippen molar-refractivity contribution in [3.63, 3.8) is 0 Å². The highest BCUT2D eigenvalue weighted by Gasteiger charge is 2.19. The number of likely N-dealkylation sites (N-methyl/N-ethyl adjacent to an activating group) is 1. The molecule has 76 valence electrons. The first kappa shape index (κ1) is 10.5. The van der Waals surface area contributed by atoms with Gasteiger partial charge in [0.1, 0.15) is 0 Å². The molecule has 0 aromatic carbocycles. The van der Waals surface area contributed by atoms with Crippen LogP contribution in [0, 0.1) is 0 Å². The Bertz CT molecular complexity index is 174. The monoisotopic (exact) mass is 186 g/mol. The Kier molecular flexibility index (Phi) is 3.69. The molecule has 13 heavy (non-hydrogen) atoms. The molecule has 4 heteroatoms. The van der Waals surface area contributed by atoms with Crippen molar-refractivity contribution in [1.82, 2.24) is 9.80 Å². The predicted octanol–water partition coefficient (Wildman–Crippen LogP) is -0.469. The summed E-state index contributed by atoms with van der Waals surface area (Å²) >= 11 is 0. The number of aliphatic hydroxyl groups excluding tert-OH is 1. The van der Waals surface area contributed by atoms with Gasteiger partial charge >= 0.3 is 0 Å². The van der Waals surface area contributed by atoms with Crippen molar-refractivity contribution in [2.45, 2.75) is 19.4 Å². The van der Waals surface area contributed by atoms with Crippen molar-refractivity contribution in [3.05, 3.63) is 0 Å². The molecule has 0 radical (unpaired) electrons. The van der Waals surface area contributed by atoms with Crippen molar-refractivity contribution in [2.75, 3.05) is 33.2 Å². The van der Waals surface area contributed by atoms with E-state index >= 15 is 0 Å². The van der Waals surface area contributed by atoms with Crippen LogP contribution in [0.2, 0.25) is 0 Å². The smallest absolute Gasteiger partial charge is 0.225 e. The first-order chi connectivity index (χ1) is 6.09. The zero-order chi connectivity index (χ0) is 9.84. The number of piperazine rings is 1. The average molecular weight is 186 g/mol. The number of carbonyl (C=O) groups excluding carboxylic acids is 1. The zero-order valence-electron chi connectivity index (χ0n) is 8.36. The van der Waals surface area contributed by atoms with E-state index in [0.717, 1.165) is 26.2 Å². The van der Waals surface area contributed by atoms with Gasteiger partial charge in [-0.05, 0) is 14.0 Å². The van der Waals surface area contributed by atoms with Gasteiger partial charge in [-0.25, -0.2) is 0 Å². The summed E-state index contributed by atoms with van der Waals surface area (Å²) in [6.07, 6.45) is -0.267. The number of hydrogen-bond acceptors (Lipinski definition) is 3. The summed E-state index contributed by atoms with van der Waals surface area (Å²) in [5.74, 6) is 0.0723. The Labute approximate surface area is 79.1 Å². The van der Waals surface area contributed by atoms with Gasteiger partial charge in [0.2, 0.25) is 5.91 Å². The van der Waals surface area contributed by atoms with Gasteiger partial charge in [0.25, 0.3) is 0 Å². The fourth-order valence-corrected chi connectivity index (χ4v) is 1.44. The minimum atomic E-state index is -0.521. The summed E-state index contributed by atoms with van der Waals surface area (Å²) < 4.78 is 0. The lowest BCUT2D eigenvalue weighted by atomic mass is 10.2. The third-order valence-corrected chi connectivity index (χ3v) is 2.33. The molecule has 1 amide bonds. The lowest BCUT2D eigenvalue weighted by Crippen LogP contribution is -2.47. The number of aliphatic hydroxyl groups is 1. The molecule has 0 spiro atoms. The largest absolute Gasteiger partial charge is 0.393 e. The second-order valence-corrected chi connectivity index (χ2v) is 3.74. The second kappa shape index (κ2) is 4.58. The Hall–Kier alpha value is -0.610. The Morgan fingerprint density at radius 2 is 1.92 bits per heavy atom. The Balaban J connectivity index is 2.31. The molecule has 1 atom stereocenters. The van der Waals surface area contributed by atoms with Crippen LogP contribution in [0.25, 0.3) is 0 Å². The second-order valence-electron chi connectivity index (χ2n) is 3.74. The summed E-state index contributed by atoms with van der Waals surface area (Å²) in [5, 5.41) is 9.05. The van der Waals surface area contributed by atoms with E-state index in [0.29, 0.717) is 0 Å². The first-order valence-electron chi connectivity index (χ1n) is 4.74. The molecule has 0 aromatic heterocycles. The highest BCUT2D eigenvalue weighted by Crippen LogP contribution is 2.03. The number of rotatable bonds is 2. The molecular formula is C9H18N2O2. The fraction of sp³-hybridized carbons (Fsp3) is 0.889. The molecule has 0 unspecified atom stereocenters. The van der Waals surface area contributed by atoms with Crippen LogP contribution in [0.4, 0.5) is 0 Å². The predicted molar refractivity (Wildman–Crippen MR) is 50.4 cm³/mol. The van der Waals surface area contributed by atoms with E-state index in [1.165, 1.54) is 0 Å². The van der Waals surface area contributed by atoms with Crippen molar-refractivity contribution in [2.24, 2.45) is 0 Å². The molecule has 4 nitrogen and oxygen atoms in total. The minimum Gasteiger partial charge on any atom is -0.393 e. The number of amides is 1. The van der Waals surface area contributed by atoms with Crippen molar-refractivity contribution in [1.29, 1.82) is 0 Å². The van der Waals surface area contributed by atoms with Crippen LogP contribution < -0.4 is 0 Å². The van der Waals surface area contributed by atoms with Gasteiger partial charge in [-0.3, -0.25) is 4.79 Å². The van der Waals surface area contributed by atoms with E-state index in [9.17, 15) is 4.79 Å². The maximum atomic E-state index is 11.5. The summed E-state index contributed by atoms with van der Waals surface area (Å²) in [5.41, 5.74) is 0. The summed E-state index contributed by atoms with van der Waals surface area (Å²) in [4.78, 5) is 15.5. The summed E-state index contributed by atoms with van der Waals surface area (Å²) in [6, 6.07) is 0. The number of carbonyl (C=O) groups is 1. The van der Waals surface area contributed by atoms with Crippen LogP contribution in [0.3, 0.4) is 0 Å². The molecule has 0 bridgehead atoms. The molecule has 0 aromatic rings. The van der Waals surface area contributed by atoms with E-state index in [1.54, 1.807) is 6.92 Å². The normalized spacial score (nSPS) is 21.6. The number of nitrogens with zero attached hydrogens (tertiary/aromatic N) is 2. The van der Waals surface area contributed by atoms with Crippen LogP contribution in [-0.2, 0) is 4.79 Å². The van der Waals surface area contributed by atoms with Gasteiger partial charge in [0, 0.05) is 26.2 Å². The highest BCUT2D eigenvalue weighted by molar-refractivity contribution is 5.76. The quantitative estimate of drug-likeness (QED) is 0.634. The molecule has 0 saturated carbocycles. The summed E-state index contributed by atoms with van der Waals surface area (Å²) in [7, 11) is 2.05. The molecule has 1 aliphatic heterocycles. The highest BCUT2D eigenvalue weighted by atomic mass is 16.3. The average Bonchev–Trinajstić information content (AvgIpc) is 2.04. The third-order valence-electron chi connectivity index (χ3n) is 2.33. The molecular weight excluding hydrogens is 168 g/mol. The molecule has 1 heterocycles. The lowest BCUT2D eigenvalue weighted by Gasteiger charge is -2.32. The minimum absolute atomic E-state index is 0.0723. The maximum absolute atomic E-state index is 11.5. The van der Waals surface area contributed by atoms with Gasteiger partial charge in [0.15, 0.2) is 0 Å². The lowest BCUT2D eigenvalue weighted by molar-refractivity contribution is -0.134. The number of hydrogen-bond donors (Lipinski definition) is 1. The van der Waals surface area contributed by atoms with Gasteiger partial charge < -0.3 is 14.9 Å². The Morgan fingerprint density at radius 3 is 2.38 bits per heavy atom. The fourth-order valence-electron chi connectivity index (χ4n) is 1.44. The first-order valence-corrected chi connectivity index (χ1v) is 4.74. The van der Waals surface area contributed by atoms with Crippen molar-refractivity contribution in [3.8, 4) is 0 Å². The van der Waals surface area contributed by atoms with Crippen molar-refractivity contribution >= 4 is 5.91 Å². The molecule has 1 saturated heterocycles. The standard InChI is InChI=1S/C9H18N2O2/c1-8(12)7-9(13)11-5-3-10(2)4-6-11/h8,12H,3-7H2,1-2H3/t8-/m1/s1. The van der Waals surface area contributed by atoms with E-state index < -0.39 is 6.10 Å². The molecule has 1 fully saturated rings. The van der Waals surface area contributed by atoms with Gasteiger partial charge in [-0.1, -0.05) is 0 Å². The van der Waals surface area contributed by atoms with E-state index in [1.807, 2.05) is 4.90 Å². The van der Waals surface area contributed by atoms with Crippen LogP contribution in [0.15, 0.2) is 0 Å². The van der Waals surface area contributed by atoms with Gasteiger partial charge in [0.05, 0.1) is 12.5 Å². The SMILES string of the molecule is C[C@@H](O)CC(=O)N1CCN(C)CC1. The van der Waals surface area contributed by atoms with Crippen molar-refractivity contribution < 1.29 is 9.90 Å². The van der Waals surface area contributed by atoms with E-state index in [-0.39, 0.29) is 12.3 Å². The van der Waals surface area contributed by atoms with E-state index in [4.69, 9.17) is 5.11 Å². The third kappa shape index (κ3) is 3.32. The molecule has 1 N–H and O–H groups in total. The molecule has 1 aliphatic rings. The van der Waals surface area contributed by atoms with Gasteiger partial charge in [-0.15, -0.1) is 0 Å². The molecule has 0 aliphatic carbocycles. The maximum Gasteiger partial charge on any atom is 0.225 e. The summed E-state index contributed by atoms with van der Waals surface area (Å²) in [6.45, 7) is 5.11. The molecule has 1 rings (SSSR count). The van der Waals surface area contributed by atoms with Crippen LogP contribution in [0.5, 0.6) is 0 Å². The van der Waals surface area contributed by atoms with E-state index in [2.05, 4.69) is 11.9 Å². The van der Waals surface area contributed by atoms with Gasteiger partial charge in [-0.2, -0.15) is 0 Å². The van der Waals surface area contributed by atoms with Crippen LogP contribution in [0.1, 0.15) is 13.3 Å². The van der Waals surface area contributed by atoms with Crippen LogP contribution in [-0.4, -0.2) is 60.1 Å². The van der Waals surface area contributed by atoms with Crippen LogP contribution >= 0.6 is 0 Å². The topological polar surface area (TPSA) is 43.8 Å².